The normalized spacial score (nSPS) is 26.1. The third kappa shape index (κ3) is 2.86. The van der Waals surface area contributed by atoms with Crippen LogP contribution in [-0.4, -0.2) is 44.8 Å². The molecule has 1 fully saturated rings. The van der Waals surface area contributed by atoms with Crippen molar-refractivity contribution < 1.29 is 4.74 Å². The van der Waals surface area contributed by atoms with E-state index in [1.54, 1.807) is 0 Å². The summed E-state index contributed by atoms with van der Waals surface area (Å²) >= 11 is 0. The highest BCUT2D eigenvalue weighted by molar-refractivity contribution is 5.26. The lowest BCUT2D eigenvalue weighted by atomic mass is 9.97. The molecule has 2 unspecified atom stereocenters. The number of likely N-dealkylation sites (N-methyl/N-ethyl adjacent to an activating group) is 2. The van der Waals surface area contributed by atoms with E-state index in [1.165, 1.54) is 11.1 Å². The highest BCUT2D eigenvalue weighted by atomic mass is 16.5. The van der Waals surface area contributed by atoms with Crippen LogP contribution in [0.2, 0.25) is 0 Å². The van der Waals surface area contributed by atoms with E-state index in [0.717, 1.165) is 19.7 Å². The summed E-state index contributed by atoms with van der Waals surface area (Å²) in [6.07, 6.45) is 0.237. The largest absolute Gasteiger partial charge is 0.374 e. The number of benzene rings is 1. The minimum atomic E-state index is 0.237. The molecule has 0 spiro atoms. The monoisotopic (exact) mass is 234 g/mol. The summed E-state index contributed by atoms with van der Waals surface area (Å²) in [5.74, 6) is 0. The molecule has 1 aliphatic heterocycles. The Morgan fingerprint density at radius 2 is 2.29 bits per heavy atom. The fourth-order valence-corrected chi connectivity index (χ4v) is 2.56. The standard InChI is InChI=1S/C14H22N2O/c1-11-5-4-6-12(9-11)14-13(10-15-2)17-8-7-16(14)3/h4-6,9,13-15H,7-8,10H2,1-3H3. The zero-order valence-electron chi connectivity index (χ0n) is 10.9. The molecule has 0 saturated carbocycles. The minimum absolute atomic E-state index is 0.237. The maximum atomic E-state index is 5.89. The molecule has 0 amide bonds. The molecule has 0 radical (unpaired) electrons. The lowest BCUT2D eigenvalue weighted by Gasteiger charge is -2.39. The first-order chi connectivity index (χ1) is 8.22. The van der Waals surface area contributed by atoms with E-state index < -0.39 is 0 Å². The molecule has 1 saturated heterocycles. The number of nitrogens with zero attached hydrogens (tertiary/aromatic N) is 1. The lowest BCUT2D eigenvalue weighted by Crippen LogP contribution is -2.46. The summed E-state index contributed by atoms with van der Waals surface area (Å²) in [7, 11) is 4.16. The summed E-state index contributed by atoms with van der Waals surface area (Å²) in [6, 6.07) is 9.09. The Kier molecular flexibility index (Phi) is 4.15. The van der Waals surface area contributed by atoms with Crippen LogP contribution >= 0.6 is 0 Å². The summed E-state index contributed by atoms with van der Waals surface area (Å²) in [4.78, 5) is 2.39. The van der Waals surface area contributed by atoms with Gasteiger partial charge in [-0.05, 0) is 26.6 Å². The Labute approximate surface area is 104 Å². The van der Waals surface area contributed by atoms with Gasteiger partial charge in [-0.1, -0.05) is 29.8 Å². The Morgan fingerprint density at radius 1 is 1.47 bits per heavy atom. The fraction of sp³-hybridized carbons (Fsp3) is 0.571. The molecular weight excluding hydrogens is 212 g/mol. The second-order valence-corrected chi connectivity index (χ2v) is 4.81. The zero-order chi connectivity index (χ0) is 12.3. The first-order valence-electron chi connectivity index (χ1n) is 6.25. The molecule has 2 atom stereocenters. The Hall–Kier alpha value is -0.900. The van der Waals surface area contributed by atoms with Gasteiger partial charge in [0.2, 0.25) is 0 Å². The molecule has 0 aliphatic carbocycles. The van der Waals surface area contributed by atoms with Gasteiger partial charge < -0.3 is 10.1 Å². The molecule has 1 aromatic rings. The van der Waals surface area contributed by atoms with Gasteiger partial charge in [-0.3, -0.25) is 4.90 Å². The van der Waals surface area contributed by atoms with E-state index in [2.05, 4.69) is 48.5 Å². The minimum Gasteiger partial charge on any atom is -0.374 e. The lowest BCUT2D eigenvalue weighted by molar-refractivity contribution is -0.0606. The molecule has 0 aromatic heterocycles. The van der Waals surface area contributed by atoms with Gasteiger partial charge in [0.1, 0.15) is 0 Å². The maximum Gasteiger partial charge on any atom is 0.0896 e. The molecular formula is C14H22N2O. The van der Waals surface area contributed by atoms with Gasteiger partial charge >= 0.3 is 0 Å². The van der Waals surface area contributed by atoms with Crippen molar-refractivity contribution in [1.29, 1.82) is 0 Å². The Bertz CT molecular complexity index is 365. The van der Waals surface area contributed by atoms with Crippen LogP contribution in [0, 0.1) is 6.92 Å². The number of ether oxygens (including phenoxy) is 1. The first kappa shape index (κ1) is 12.6. The van der Waals surface area contributed by atoms with Crippen LogP contribution in [-0.2, 0) is 4.74 Å². The van der Waals surface area contributed by atoms with Crippen molar-refractivity contribution in [2.45, 2.75) is 19.1 Å². The predicted octanol–water partition coefficient (Wildman–Crippen LogP) is 1.59. The predicted molar refractivity (Wildman–Crippen MR) is 70.2 cm³/mol. The molecule has 17 heavy (non-hydrogen) atoms. The van der Waals surface area contributed by atoms with E-state index in [1.807, 2.05) is 7.05 Å². The first-order valence-corrected chi connectivity index (χ1v) is 6.25. The van der Waals surface area contributed by atoms with Crippen molar-refractivity contribution in [2.75, 3.05) is 33.8 Å². The quantitative estimate of drug-likeness (QED) is 0.859. The molecule has 3 nitrogen and oxygen atoms in total. The van der Waals surface area contributed by atoms with E-state index in [4.69, 9.17) is 4.74 Å². The van der Waals surface area contributed by atoms with Crippen molar-refractivity contribution in [2.24, 2.45) is 0 Å². The number of hydrogen-bond donors (Lipinski definition) is 1. The number of rotatable bonds is 3. The van der Waals surface area contributed by atoms with E-state index in [9.17, 15) is 0 Å². The molecule has 1 aliphatic rings. The summed E-state index contributed by atoms with van der Waals surface area (Å²) in [5.41, 5.74) is 2.66. The average molecular weight is 234 g/mol. The second kappa shape index (κ2) is 5.63. The number of hydrogen-bond acceptors (Lipinski definition) is 3. The molecule has 3 heteroatoms. The molecule has 94 valence electrons. The Balaban J connectivity index is 2.24. The van der Waals surface area contributed by atoms with Gasteiger partial charge in [0, 0.05) is 13.1 Å². The van der Waals surface area contributed by atoms with Gasteiger partial charge in [0.05, 0.1) is 18.8 Å². The van der Waals surface area contributed by atoms with Crippen LogP contribution in [0.25, 0.3) is 0 Å². The van der Waals surface area contributed by atoms with Crippen LogP contribution in [0.15, 0.2) is 24.3 Å². The van der Waals surface area contributed by atoms with Gasteiger partial charge in [0.15, 0.2) is 0 Å². The summed E-state index contributed by atoms with van der Waals surface area (Å²) in [5, 5.41) is 3.22. The third-order valence-electron chi connectivity index (χ3n) is 3.39. The number of morpholine rings is 1. The van der Waals surface area contributed by atoms with Gasteiger partial charge in [0.25, 0.3) is 0 Å². The third-order valence-corrected chi connectivity index (χ3v) is 3.39. The van der Waals surface area contributed by atoms with Crippen molar-refractivity contribution in [3.63, 3.8) is 0 Å². The van der Waals surface area contributed by atoms with Gasteiger partial charge in [-0.15, -0.1) is 0 Å². The topological polar surface area (TPSA) is 24.5 Å². The van der Waals surface area contributed by atoms with Crippen molar-refractivity contribution in [3.05, 3.63) is 35.4 Å². The summed E-state index contributed by atoms with van der Waals surface area (Å²) < 4.78 is 5.89. The van der Waals surface area contributed by atoms with Crippen LogP contribution in [0.4, 0.5) is 0 Å². The SMILES string of the molecule is CNCC1OCCN(C)C1c1cccc(C)c1. The van der Waals surface area contributed by atoms with Crippen LogP contribution in [0.3, 0.4) is 0 Å². The smallest absolute Gasteiger partial charge is 0.0896 e. The van der Waals surface area contributed by atoms with Crippen LogP contribution < -0.4 is 5.32 Å². The maximum absolute atomic E-state index is 5.89. The summed E-state index contributed by atoms with van der Waals surface area (Å²) in [6.45, 7) is 4.85. The zero-order valence-corrected chi connectivity index (χ0v) is 10.9. The molecule has 1 aromatic carbocycles. The highest BCUT2D eigenvalue weighted by Crippen LogP contribution is 2.28. The van der Waals surface area contributed by atoms with Gasteiger partial charge in [-0.25, -0.2) is 0 Å². The highest BCUT2D eigenvalue weighted by Gasteiger charge is 2.30. The number of aryl methyl sites for hydroxylation is 1. The average Bonchev–Trinajstić information content (AvgIpc) is 2.29. The van der Waals surface area contributed by atoms with Crippen LogP contribution in [0.1, 0.15) is 17.2 Å². The van der Waals surface area contributed by atoms with Crippen molar-refractivity contribution >= 4 is 0 Å². The van der Waals surface area contributed by atoms with E-state index >= 15 is 0 Å². The molecule has 2 rings (SSSR count). The van der Waals surface area contributed by atoms with E-state index in [-0.39, 0.29) is 6.10 Å². The Morgan fingerprint density at radius 3 is 3.00 bits per heavy atom. The second-order valence-electron chi connectivity index (χ2n) is 4.81. The molecule has 1 heterocycles. The van der Waals surface area contributed by atoms with Crippen LogP contribution in [0.5, 0.6) is 0 Å². The molecule has 0 bridgehead atoms. The van der Waals surface area contributed by atoms with Gasteiger partial charge in [-0.2, -0.15) is 0 Å². The van der Waals surface area contributed by atoms with Crippen molar-refractivity contribution in [1.82, 2.24) is 10.2 Å². The van der Waals surface area contributed by atoms with E-state index in [0.29, 0.717) is 6.04 Å². The molecule has 1 N–H and O–H groups in total. The van der Waals surface area contributed by atoms with Crippen molar-refractivity contribution in [3.8, 4) is 0 Å². The fourth-order valence-electron chi connectivity index (χ4n) is 2.56. The number of nitrogens with one attached hydrogen (secondary N) is 1.